The van der Waals surface area contributed by atoms with E-state index in [0.29, 0.717) is 0 Å². The fraction of sp³-hybridized carbons (Fsp3) is 1.00. The summed E-state index contributed by atoms with van der Waals surface area (Å²) in [5.41, 5.74) is 0. The highest BCUT2D eigenvalue weighted by Crippen LogP contribution is 2.04. The van der Waals surface area contributed by atoms with Crippen molar-refractivity contribution in [2.24, 2.45) is 0 Å². The molecule has 0 aromatic heterocycles. The molecular formula is C18H42N2O3. The van der Waals surface area contributed by atoms with Gasteiger partial charge in [0.15, 0.2) is 0 Å². The van der Waals surface area contributed by atoms with Gasteiger partial charge in [-0.05, 0) is 59.7 Å². The maximum absolute atomic E-state index is 8.96. The highest BCUT2D eigenvalue weighted by atomic mass is 16.4. The van der Waals surface area contributed by atoms with Gasteiger partial charge in [-0.2, -0.15) is 0 Å². The van der Waals surface area contributed by atoms with E-state index in [9.17, 15) is 0 Å². The van der Waals surface area contributed by atoms with E-state index in [-0.39, 0.29) is 0 Å². The van der Waals surface area contributed by atoms with Gasteiger partial charge in [-0.25, -0.2) is 4.90 Å². The molecule has 0 aliphatic heterocycles. The monoisotopic (exact) mass is 334 g/mol. The first-order chi connectivity index (χ1) is 10.8. The Kier molecular flexibility index (Phi) is 18.1. The number of rotatable bonds is 12. The second-order valence-corrected chi connectivity index (χ2v) is 6.25. The van der Waals surface area contributed by atoms with Gasteiger partial charge in [0.2, 0.25) is 0 Å². The van der Waals surface area contributed by atoms with Crippen LogP contribution >= 0.6 is 0 Å². The molecule has 0 heterocycles. The number of aliphatic hydroxyl groups is 3. The van der Waals surface area contributed by atoms with Crippen molar-refractivity contribution in [3.8, 4) is 0 Å². The zero-order chi connectivity index (χ0) is 18.3. The first-order valence-electron chi connectivity index (χ1n) is 9.35. The van der Waals surface area contributed by atoms with E-state index in [4.69, 9.17) is 15.3 Å². The minimum absolute atomic E-state index is 0.833. The van der Waals surface area contributed by atoms with Crippen molar-refractivity contribution in [2.45, 2.75) is 98.8 Å². The maximum Gasteiger partial charge on any atom is 0.108 e. The standard InChI is InChI=1S/C12H27N.C6H15NO3/c1-4-7-10-13(11-8-5-2)12-9-6-3;1-4(8)7(5(2)9)6(3)10/h4-12H2,1-3H3;4-6,8-10H,1-3H3. The molecule has 3 N–H and O–H groups in total. The van der Waals surface area contributed by atoms with Crippen LogP contribution < -0.4 is 0 Å². The summed E-state index contributed by atoms with van der Waals surface area (Å²) in [4.78, 5) is 3.80. The van der Waals surface area contributed by atoms with Crippen LogP contribution in [0.25, 0.3) is 0 Å². The Morgan fingerprint density at radius 2 is 0.870 bits per heavy atom. The molecular weight excluding hydrogens is 292 g/mol. The van der Waals surface area contributed by atoms with Crippen LogP contribution in [0.5, 0.6) is 0 Å². The minimum atomic E-state index is -0.833. The molecule has 0 bridgehead atoms. The summed E-state index contributed by atoms with van der Waals surface area (Å²) < 4.78 is 0. The second kappa shape index (κ2) is 16.7. The molecule has 5 nitrogen and oxygen atoms in total. The van der Waals surface area contributed by atoms with Crippen molar-refractivity contribution >= 4 is 0 Å². The molecule has 0 aromatic carbocycles. The van der Waals surface area contributed by atoms with E-state index in [1.165, 1.54) is 83.8 Å². The summed E-state index contributed by atoms with van der Waals surface area (Å²) in [6.45, 7) is 15.2. The molecule has 3 atom stereocenters. The third-order valence-corrected chi connectivity index (χ3v) is 3.78. The smallest absolute Gasteiger partial charge is 0.108 e. The summed E-state index contributed by atoms with van der Waals surface area (Å²) in [5, 5.41) is 26.9. The normalized spacial score (nSPS) is 15.3. The van der Waals surface area contributed by atoms with Gasteiger partial charge in [0, 0.05) is 0 Å². The molecule has 5 heteroatoms. The van der Waals surface area contributed by atoms with E-state index < -0.39 is 18.7 Å². The summed E-state index contributed by atoms with van der Waals surface area (Å²) in [7, 11) is 0. The average molecular weight is 335 g/mol. The van der Waals surface area contributed by atoms with Crippen LogP contribution in [0.3, 0.4) is 0 Å². The summed E-state index contributed by atoms with van der Waals surface area (Å²) >= 11 is 0. The molecule has 0 aliphatic rings. The van der Waals surface area contributed by atoms with E-state index in [0.717, 1.165) is 0 Å². The van der Waals surface area contributed by atoms with Crippen LogP contribution in [0.4, 0.5) is 0 Å². The molecule has 3 unspecified atom stereocenters. The highest BCUT2D eigenvalue weighted by molar-refractivity contribution is 4.59. The van der Waals surface area contributed by atoms with Gasteiger partial charge >= 0.3 is 0 Å². The number of hydrogen-bond acceptors (Lipinski definition) is 5. The van der Waals surface area contributed by atoms with Gasteiger partial charge in [-0.1, -0.05) is 40.0 Å². The first kappa shape index (κ1) is 25.0. The molecule has 23 heavy (non-hydrogen) atoms. The Morgan fingerprint density at radius 1 is 0.609 bits per heavy atom. The van der Waals surface area contributed by atoms with Gasteiger partial charge in [-0.3, -0.25) is 0 Å². The Labute approximate surface area is 144 Å². The lowest BCUT2D eigenvalue weighted by molar-refractivity contribution is -0.159. The molecule has 142 valence electrons. The SMILES string of the molecule is CC(O)N(C(C)O)C(C)O.CCCCN(CCCC)CCCC. The molecule has 0 amide bonds. The Balaban J connectivity index is 0. The van der Waals surface area contributed by atoms with Crippen LogP contribution in [0, 0.1) is 0 Å². The van der Waals surface area contributed by atoms with Gasteiger partial charge < -0.3 is 20.2 Å². The minimum Gasteiger partial charge on any atom is -0.379 e. The molecule has 0 aromatic rings. The van der Waals surface area contributed by atoms with Crippen LogP contribution in [0.1, 0.15) is 80.1 Å². The van der Waals surface area contributed by atoms with Crippen molar-refractivity contribution in [1.29, 1.82) is 0 Å². The van der Waals surface area contributed by atoms with Crippen molar-refractivity contribution in [3.05, 3.63) is 0 Å². The van der Waals surface area contributed by atoms with E-state index >= 15 is 0 Å². The second-order valence-electron chi connectivity index (χ2n) is 6.25. The topological polar surface area (TPSA) is 67.2 Å². The van der Waals surface area contributed by atoms with Crippen molar-refractivity contribution in [3.63, 3.8) is 0 Å². The molecule has 0 saturated carbocycles. The Hall–Kier alpha value is -0.200. The molecule has 0 saturated heterocycles. The number of hydrogen-bond donors (Lipinski definition) is 3. The largest absolute Gasteiger partial charge is 0.379 e. The molecule has 0 spiro atoms. The molecule has 0 aliphatic carbocycles. The zero-order valence-corrected chi connectivity index (χ0v) is 16.3. The number of aliphatic hydroxyl groups excluding tert-OH is 3. The first-order valence-corrected chi connectivity index (χ1v) is 9.35. The van der Waals surface area contributed by atoms with Crippen LogP contribution in [0.2, 0.25) is 0 Å². The van der Waals surface area contributed by atoms with Crippen LogP contribution in [0.15, 0.2) is 0 Å². The van der Waals surface area contributed by atoms with Gasteiger partial charge in [0.25, 0.3) is 0 Å². The van der Waals surface area contributed by atoms with Gasteiger partial charge in [0.05, 0.1) is 0 Å². The zero-order valence-electron chi connectivity index (χ0n) is 16.3. The summed E-state index contributed by atoms with van der Waals surface area (Å²) in [6.07, 6.45) is 5.59. The lowest BCUT2D eigenvalue weighted by Gasteiger charge is -2.30. The van der Waals surface area contributed by atoms with Gasteiger partial charge in [-0.15, -0.1) is 0 Å². The molecule has 0 radical (unpaired) electrons. The van der Waals surface area contributed by atoms with Crippen LogP contribution in [-0.4, -0.2) is 63.4 Å². The average Bonchev–Trinajstić information content (AvgIpc) is 2.45. The Morgan fingerprint density at radius 3 is 1.00 bits per heavy atom. The molecule has 0 rings (SSSR count). The maximum atomic E-state index is 8.96. The predicted molar refractivity (Wildman–Crippen MR) is 98.0 cm³/mol. The Bertz CT molecular complexity index is 198. The highest BCUT2D eigenvalue weighted by Gasteiger charge is 2.20. The van der Waals surface area contributed by atoms with E-state index in [1.807, 2.05) is 0 Å². The van der Waals surface area contributed by atoms with Crippen LogP contribution in [-0.2, 0) is 0 Å². The predicted octanol–water partition coefficient (Wildman–Crippen LogP) is 2.99. The summed E-state index contributed by atoms with van der Waals surface area (Å²) in [6, 6.07) is 0. The quantitative estimate of drug-likeness (QED) is 0.479. The van der Waals surface area contributed by atoms with Crippen molar-refractivity contribution in [1.82, 2.24) is 9.80 Å². The lowest BCUT2D eigenvalue weighted by atomic mass is 10.2. The third-order valence-electron chi connectivity index (χ3n) is 3.78. The molecule has 0 fully saturated rings. The fourth-order valence-electron chi connectivity index (χ4n) is 2.42. The number of nitrogens with zero attached hydrogens (tertiary/aromatic N) is 2. The van der Waals surface area contributed by atoms with Crippen molar-refractivity contribution in [2.75, 3.05) is 19.6 Å². The van der Waals surface area contributed by atoms with E-state index in [1.54, 1.807) is 0 Å². The van der Waals surface area contributed by atoms with Crippen molar-refractivity contribution < 1.29 is 15.3 Å². The fourth-order valence-corrected chi connectivity index (χ4v) is 2.42. The third kappa shape index (κ3) is 15.1. The van der Waals surface area contributed by atoms with Gasteiger partial charge in [0.1, 0.15) is 18.7 Å². The number of unbranched alkanes of at least 4 members (excludes halogenated alkanes) is 3. The van der Waals surface area contributed by atoms with E-state index in [2.05, 4.69) is 25.7 Å². The lowest BCUT2D eigenvalue weighted by Crippen LogP contribution is -2.45. The summed E-state index contributed by atoms with van der Waals surface area (Å²) in [5.74, 6) is 0.